The van der Waals surface area contributed by atoms with Crippen LogP contribution < -0.4 is 16.0 Å². The molecule has 2 fully saturated rings. The molecule has 3 aliphatic carbocycles. The Bertz CT molecular complexity index is 1530. The third kappa shape index (κ3) is 4.12. The van der Waals surface area contributed by atoms with Crippen molar-refractivity contribution in [3.63, 3.8) is 0 Å². The third-order valence-corrected chi connectivity index (χ3v) is 8.70. The Morgan fingerprint density at radius 1 is 1.17 bits per heavy atom. The summed E-state index contributed by atoms with van der Waals surface area (Å²) in [6, 6.07) is 1.80. The number of primary amides is 1. The maximum Gasteiger partial charge on any atom is 0.290 e. The summed E-state index contributed by atoms with van der Waals surface area (Å²) in [6.45, 7) is -0.202. The number of aliphatic hydroxyl groups is 1. The number of phenolic OH excluding ortho intramolecular Hbond substituents is 1. The number of aromatic nitrogens is 1. The number of carbonyl (C=O) groups is 6. The molecule has 42 heavy (non-hydrogen) atoms. The van der Waals surface area contributed by atoms with E-state index in [0.29, 0.717) is 11.3 Å². The van der Waals surface area contributed by atoms with Gasteiger partial charge in [-0.1, -0.05) is 5.16 Å². The van der Waals surface area contributed by atoms with Crippen molar-refractivity contribution in [3.05, 3.63) is 40.8 Å². The summed E-state index contributed by atoms with van der Waals surface area (Å²) in [5.41, 5.74) is 3.58. The second-order valence-corrected chi connectivity index (χ2v) is 11.5. The molecule has 1 aromatic carbocycles. The molecule has 0 aliphatic heterocycles. The van der Waals surface area contributed by atoms with E-state index in [1.807, 2.05) is 0 Å². The maximum absolute atomic E-state index is 14.1. The zero-order valence-electron chi connectivity index (χ0n) is 23.4. The van der Waals surface area contributed by atoms with E-state index in [2.05, 4.69) is 10.5 Å². The van der Waals surface area contributed by atoms with Gasteiger partial charge in [0.05, 0.1) is 23.7 Å². The summed E-state index contributed by atoms with van der Waals surface area (Å²) in [7, 11) is 6.52. The molecule has 0 saturated heterocycles. The molecule has 14 heteroatoms. The molecule has 2 aromatic rings. The number of rotatable bonds is 6. The van der Waals surface area contributed by atoms with E-state index in [-0.39, 0.29) is 36.3 Å². The van der Waals surface area contributed by atoms with Crippen molar-refractivity contribution >= 4 is 40.6 Å². The van der Waals surface area contributed by atoms with E-state index in [1.54, 1.807) is 25.1 Å². The number of benzene rings is 1. The molecule has 14 nitrogen and oxygen atoms in total. The van der Waals surface area contributed by atoms with E-state index in [1.165, 1.54) is 31.3 Å². The van der Waals surface area contributed by atoms with E-state index in [4.69, 9.17) is 10.3 Å². The average Bonchev–Trinajstić information content (AvgIpc) is 3.45. The number of phenols is 1. The summed E-state index contributed by atoms with van der Waals surface area (Å²) in [5.74, 6) is -11.9. The zero-order valence-corrected chi connectivity index (χ0v) is 23.4. The number of carbonyl (C=O) groups excluding carboxylic acids is 6. The van der Waals surface area contributed by atoms with E-state index in [9.17, 15) is 39.0 Å². The number of nitrogens with one attached hydrogen (secondary N) is 1. The first kappa shape index (κ1) is 29.1. The number of Topliss-reactive ketones (excluding diaryl/α,β-unsaturated/α-hetero) is 4. The SMILES string of the molecule is CN(C)c1cc(CNC(=O)c2ccno2)c(O)c2c1C[C@@H]1C[C@@H]3[C@@H](N(C)C)C(=O)C(C(N)=O)C(=O)[C@]3(O)C(=O)C1C2=O. The second-order valence-electron chi connectivity index (χ2n) is 11.5. The van der Waals surface area contributed by atoms with Gasteiger partial charge in [0.2, 0.25) is 11.7 Å². The average molecular weight is 582 g/mol. The first-order valence-corrected chi connectivity index (χ1v) is 13.3. The van der Waals surface area contributed by atoms with Crippen LogP contribution in [0, 0.1) is 23.7 Å². The largest absolute Gasteiger partial charge is 0.507 e. The van der Waals surface area contributed by atoms with E-state index in [0.717, 1.165) is 0 Å². The van der Waals surface area contributed by atoms with Gasteiger partial charge < -0.3 is 30.7 Å². The van der Waals surface area contributed by atoms with Crippen molar-refractivity contribution in [1.29, 1.82) is 0 Å². The lowest BCUT2D eigenvalue weighted by atomic mass is 9.52. The number of ketones is 4. The fourth-order valence-corrected chi connectivity index (χ4v) is 6.84. The van der Waals surface area contributed by atoms with Gasteiger partial charge in [-0.2, -0.15) is 0 Å². The number of aromatic hydroxyl groups is 1. The van der Waals surface area contributed by atoms with Gasteiger partial charge >= 0.3 is 0 Å². The normalized spacial score (nSPS) is 28.7. The Labute approximate surface area is 239 Å². The molecular weight excluding hydrogens is 550 g/mol. The monoisotopic (exact) mass is 581 g/mol. The standard InChI is InChI=1S/C28H31N5O9/c1-32(2)15-9-12(10-30-27(40)16-5-6-31-42-16)21(34)18-13(15)7-11-8-14-20(33(3)4)23(36)19(26(29)39)25(38)28(14,41)24(37)17(11)22(18)35/h5-6,9,11,14,17,19-20,34,41H,7-8,10H2,1-4H3,(H2,29,39)(H,30,40)/t11-,14-,17?,19?,20-,28-/m1/s1. The van der Waals surface area contributed by atoms with Crippen LogP contribution in [0.15, 0.2) is 22.9 Å². The summed E-state index contributed by atoms with van der Waals surface area (Å²) in [5, 5.41) is 29.0. The molecule has 1 aromatic heterocycles. The van der Waals surface area contributed by atoms with Crippen LogP contribution in [0.3, 0.4) is 0 Å². The van der Waals surface area contributed by atoms with Crippen molar-refractivity contribution in [2.75, 3.05) is 33.1 Å². The number of likely N-dealkylation sites (N-methyl/N-ethyl adjacent to an activating group) is 1. The number of amides is 2. The van der Waals surface area contributed by atoms with Crippen LogP contribution in [-0.4, -0.2) is 95.1 Å². The molecule has 0 spiro atoms. The Kier molecular flexibility index (Phi) is 7.02. The minimum Gasteiger partial charge on any atom is -0.507 e. The van der Waals surface area contributed by atoms with Crippen LogP contribution in [0.4, 0.5) is 5.69 Å². The summed E-state index contributed by atoms with van der Waals surface area (Å²) in [4.78, 5) is 82.4. The topological polar surface area (TPSA) is 213 Å². The molecule has 3 aliphatic rings. The first-order chi connectivity index (χ1) is 19.7. The highest BCUT2D eigenvalue weighted by atomic mass is 16.5. The van der Waals surface area contributed by atoms with Crippen LogP contribution in [0.25, 0.3) is 0 Å². The smallest absolute Gasteiger partial charge is 0.290 e. The lowest BCUT2D eigenvalue weighted by Crippen LogP contribution is -2.74. The first-order valence-electron chi connectivity index (χ1n) is 13.3. The van der Waals surface area contributed by atoms with Crippen LogP contribution in [0.2, 0.25) is 0 Å². The van der Waals surface area contributed by atoms with Gasteiger partial charge in [0.25, 0.3) is 5.91 Å². The molecule has 5 N–H and O–H groups in total. The van der Waals surface area contributed by atoms with Crippen molar-refractivity contribution in [2.45, 2.75) is 31.0 Å². The number of nitrogens with two attached hydrogens (primary N) is 1. The van der Waals surface area contributed by atoms with Crippen LogP contribution in [-0.2, 0) is 32.1 Å². The second kappa shape index (κ2) is 10.1. The highest BCUT2D eigenvalue weighted by Gasteiger charge is 2.69. The molecule has 0 bridgehead atoms. The Balaban J connectivity index is 1.58. The number of fused-ring (bicyclic) bond motifs is 3. The summed E-state index contributed by atoms with van der Waals surface area (Å²) in [6.07, 6.45) is 1.37. The summed E-state index contributed by atoms with van der Waals surface area (Å²) >= 11 is 0. The Morgan fingerprint density at radius 2 is 1.86 bits per heavy atom. The lowest BCUT2D eigenvalue weighted by Gasteiger charge is -2.52. The summed E-state index contributed by atoms with van der Waals surface area (Å²) < 4.78 is 4.84. The number of hydrogen-bond acceptors (Lipinski definition) is 12. The fourth-order valence-electron chi connectivity index (χ4n) is 6.84. The van der Waals surface area contributed by atoms with Gasteiger partial charge in [-0.25, -0.2) is 0 Å². The third-order valence-electron chi connectivity index (χ3n) is 8.70. The fraction of sp³-hybridized carbons (Fsp3) is 0.464. The zero-order chi connectivity index (χ0) is 30.8. The van der Waals surface area contributed by atoms with Crippen LogP contribution in [0.1, 0.15) is 38.5 Å². The highest BCUT2D eigenvalue weighted by molar-refractivity contribution is 6.32. The minimum absolute atomic E-state index is 0.0491. The van der Waals surface area contributed by atoms with Gasteiger partial charge in [-0.3, -0.25) is 33.7 Å². The predicted molar refractivity (Wildman–Crippen MR) is 143 cm³/mol. The molecular formula is C28H31N5O9. The van der Waals surface area contributed by atoms with E-state index >= 15 is 0 Å². The number of nitrogens with zero attached hydrogens (tertiary/aromatic N) is 3. The predicted octanol–water partition coefficient (Wildman–Crippen LogP) is -1.15. The molecule has 1 heterocycles. The van der Waals surface area contributed by atoms with Gasteiger partial charge in [0.1, 0.15) is 5.75 Å². The van der Waals surface area contributed by atoms with Gasteiger partial charge in [0.15, 0.2) is 34.7 Å². The molecule has 0 radical (unpaired) electrons. The molecule has 5 rings (SSSR count). The number of anilines is 1. The van der Waals surface area contributed by atoms with Gasteiger partial charge in [0, 0.05) is 43.9 Å². The molecule has 6 atom stereocenters. The number of hydrogen-bond donors (Lipinski definition) is 4. The van der Waals surface area contributed by atoms with Crippen molar-refractivity contribution in [2.24, 2.45) is 29.4 Å². The molecule has 222 valence electrons. The van der Waals surface area contributed by atoms with Crippen molar-refractivity contribution < 1.29 is 43.5 Å². The Morgan fingerprint density at radius 3 is 2.43 bits per heavy atom. The van der Waals surface area contributed by atoms with Crippen LogP contribution in [0.5, 0.6) is 5.75 Å². The van der Waals surface area contributed by atoms with Crippen LogP contribution >= 0.6 is 0 Å². The highest BCUT2D eigenvalue weighted by Crippen LogP contribution is 2.52. The maximum atomic E-state index is 14.1. The molecule has 2 saturated carbocycles. The quantitative estimate of drug-likeness (QED) is 0.298. The van der Waals surface area contributed by atoms with Crippen molar-refractivity contribution in [1.82, 2.24) is 15.4 Å². The van der Waals surface area contributed by atoms with Gasteiger partial charge in [-0.15, -0.1) is 0 Å². The van der Waals surface area contributed by atoms with E-state index < -0.39 is 76.0 Å². The Hall–Kier alpha value is -4.43. The lowest BCUT2D eigenvalue weighted by molar-refractivity contribution is -0.181. The van der Waals surface area contributed by atoms with Gasteiger partial charge in [-0.05, 0) is 44.5 Å². The molecule has 2 unspecified atom stereocenters. The van der Waals surface area contributed by atoms with Crippen molar-refractivity contribution in [3.8, 4) is 5.75 Å². The molecule has 2 amide bonds. The minimum atomic E-state index is -2.81.